The highest BCUT2D eigenvalue weighted by Gasteiger charge is 2.20. The van der Waals surface area contributed by atoms with Crippen LogP contribution in [0, 0.1) is 0 Å². The van der Waals surface area contributed by atoms with Crippen LogP contribution in [0.1, 0.15) is 5.56 Å². The van der Waals surface area contributed by atoms with Gasteiger partial charge in [-0.05, 0) is 41.0 Å². The van der Waals surface area contributed by atoms with E-state index in [0.29, 0.717) is 16.5 Å². The van der Waals surface area contributed by atoms with Crippen LogP contribution < -0.4 is 9.47 Å². The van der Waals surface area contributed by atoms with Crippen LogP contribution in [0.5, 0.6) is 11.5 Å². The maximum atomic E-state index is 11.6. The lowest BCUT2D eigenvalue weighted by molar-refractivity contribution is -0.145. The van der Waals surface area contributed by atoms with Crippen molar-refractivity contribution in [2.45, 2.75) is 12.5 Å². The summed E-state index contributed by atoms with van der Waals surface area (Å²) < 4.78 is 10.8. The van der Waals surface area contributed by atoms with Gasteiger partial charge in [-0.2, -0.15) is 0 Å². The van der Waals surface area contributed by atoms with Crippen molar-refractivity contribution >= 4 is 17.6 Å². The molecule has 0 spiro atoms. The summed E-state index contributed by atoms with van der Waals surface area (Å²) >= 11 is 6.12. The minimum absolute atomic E-state index is 0.194. The van der Waals surface area contributed by atoms with Crippen molar-refractivity contribution in [3.63, 3.8) is 0 Å². The fourth-order valence-corrected chi connectivity index (χ4v) is 3.03. The minimum Gasteiger partial charge on any atom is -0.495 e. The molecule has 0 fully saturated rings. The lowest BCUT2D eigenvalue weighted by Crippen LogP contribution is -2.29. The zero-order valence-electron chi connectivity index (χ0n) is 14.8. The molecule has 3 rings (SSSR count). The van der Waals surface area contributed by atoms with E-state index in [0.717, 1.165) is 16.7 Å². The van der Waals surface area contributed by atoms with Crippen LogP contribution >= 0.6 is 11.6 Å². The van der Waals surface area contributed by atoms with Crippen LogP contribution in [0.15, 0.2) is 72.8 Å². The van der Waals surface area contributed by atoms with E-state index in [4.69, 9.17) is 21.1 Å². The van der Waals surface area contributed by atoms with Gasteiger partial charge in [-0.1, -0.05) is 60.1 Å². The third-order valence-electron chi connectivity index (χ3n) is 4.15. The number of carboxylic acid groups (broad SMARTS) is 1. The summed E-state index contributed by atoms with van der Waals surface area (Å²) in [7, 11) is 1.53. The number of rotatable bonds is 7. The Morgan fingerprint density at radius 2 is 1.67 bits per heavy atom. The molecule has 1 atom stereocenters. The van der Waals surface area contributed by atoms with Gasteiger partial charge >= 0.3 is 5.97 Å². The van der Waals surface area contributed by atoms with Gasteiger partial charge in [0.25, 0.3) is 0 Å². The number of aliphatic carboxylic acids is 1. The van der Waals surface area contributed by atoms with E-state index < -0.39 is 12.1 Å². The summed E-state index contributed by atoms with van der Waals surface area (Å²) in [5.74, 6) is 0.0143. The Balaban J connectivity index is 1.73. The third kappa shape index (κ3) is 4.80. The van der Waals surface area contributed by atoms with Crippen LogP contribution in [0.2, 0.25) is 5.02 Å². The fourth-order valence-electron chi connectivity index (χ4n) is 2.75. The second-order valence-electron chi connectivity index (χ2n) is 6.01. The summed E-state index contributed by atoms with van der Waals surface area (Å²) in [4.78, 5) is 11.6. The molecule has 0 saturated carbocycles. The molecule has 0 aromatic heterocycles. The quantitative estimate of drug-likeness (QED) is 0.618. The second-order valence-corrected chi connectivity index (χ2v) is 6.42. The van der Waals surface area contributed by atoms with Crippen molar-refractivity contribution < 1.29 is 19.4 Å². The van der Waals surface area contributed by atoms with Crippen molar-refractivity contribution in [3.8, 4) is 22.6 Å². The SMILES string of the molecule is COc1ccc(CC(Oc2ccc(-c3ccccc3)cc2)C(=O)O)cc1Cl. The van der Waals surface area contributed by atoms with Crippen LogP contribution in [-0.4, -0.2) is 24.3 Å². The maximum absolute atomic E-state index is 11.6. The summed E-state index contributed by atoms with van der Waals surface area (Å²) in [6.07, 6.45) is -0.823. The van der Waals surface area contributed by atoms with Gasteiger partial charge in [0.1, 0.15) is 11.5 Å². The van der Waals surface area contributed by atoms with Gasteiger partial charge in [0.15, 0.2) is 6.10 Å². The number of methoxy groups -OCH3 is 1. The topological polar surface area (TPSA) is 55.8 Å². The van der Waals surface area contributed by atoms with Crippen molar-refractivity contribution in [3.05, 3.63) is 83.4 Å². The van der Waals surface area contributed by atoms with Crippen molar-refractivity contribution in [1.29, 1.82) is 0 Å². The highest BCUT2D eigenvalue weighted by molar-refractivity contribution is 6.32. The molecule has 0 radical (unpaired) electrons. The van der Waals surface area contributed by atoms with E-state index in [1.807, 2.05) is 42.5 Å². The number of halogens is 1. The molecule has 3 aromatic carbocycles. The van der Waals surface area contributed by atoms with E-state index >= 15 is 0 Å². The Kier molecular flexibility index (Phi) is 5.99. The molecule has 0 aliphatic carbocycles. The van der Waals surface area contributed by atoms with Gasteiger partial charge in [-0.25, -0.2) is 4.79 Å². The van der Waals surface area contributed by atoms with Crippen molar-refractivity contribution in [2.75, 3.05) is 7.11 Å². The first-order valence-corrected chi connectivity index (χ1v) is 8.82. The normalized spacial score (nSPS) is 11.6. The summed E-state index contributed by atoms with van der Waals surface area (Å²) in [5, 5.41) is 9.95. The molecule has 0 heterocycles. The van der Waals surface area contributed by atoms with Crippen LogP contribution in [0.4, 0.5) is 0 Å². The minimum atomic E-state index is -1.03. The average Bonchev–Trinajstić information content (AvgIpc) is 2.69. The number of ether oxygens (including phenoxy) is 2. The predicted octanol–water partition coefficient (Wildman–Crippen LogP) is 5.09. The molecular weight excluding hydrogens is 364 g/mol. The summed E-state index contributed by atoms with van der Waals surface area (Å²) in [5.41, 5.74) is 2.89. The first-order valence-electron chi connectivity index (χ1n) is 8.44. The standard InChI is InChI=1S/C22H19ClO4/c1-26-20-12-7-15(13-19(20)23)14-21(22(24)25)27-18-10-8-17(9-11-18)16-5-3-2-4-6-16/h2-13,21H,14H2,1H3,(H,24,25). The number of hydrogen-bond acceptors (Lipinski definition) is 3. The Hall–Kier alpha value is -2.98. The number of hydrogen-bond donors (Lipinski definition) is 1. The molecule has 0 amide bonds. The van der Waals surface area contributed by atoms with E-state index in [9.17, 15) is 9.90 Å². The molecule has 138 valence electrons. The maximum Gasteiger partial charge on any atom is 0.345 e. The van der Waals surface area contributed by atoms with Crippen LogP contribution in [0.25, 0.3) is 11.1 Å². The van der Waals surface area contributed by atoms with Crippen LogP contribution in [-0.2, 0) is 11.2 Å². The van der Waals surface area contributed by atoms with Gasteiger partial charge in [0.2, 0.25) is 0 Å². The highest BCUT2D eigenvalue weighted by atomic mass is 35.5. The Labute approximate surface area is 162 Å². The Bertz CT molecular complexity index is 907. The van der Waals surface area contributed by atoms with E-state index in [1.165, 1.54) is 7.11 Å². The molecule has 0 saturated heterocycles. The van der Waals surface area contributed by atoms with Gasteiger partial charge in [0, 0.05) is 6.42 Å². The highest BCUT2D eigenvalue weighted by Crippen LogP contribution is 2.27. The van der Waals surface area contributed by atoms with Crippen LogP contribution in [0.3, 0.4) is 0 Å². The van der Waals surface area contributed by atoms with E-state index in [2.05, 4.69) is 0 Å². The first-order chi connectivity index (χ1) is 13.1. The number of benzene rings is 3. The summed E-state index contributed by atoms with van der Waals surface area (Å²) in [6, 6.07) is 22.5. The summed E-state index contributed by atoms with van der Waals surface area (Å²) in [6.45, 7) is 0. The molecule has 3 aromatic rings. The fraction of sp³-hybridized carbons (Fsp3) is 0.136. The molecule has 1 unspecified atom stereocenters. The molecule has 4 nitrogen and oxygen atoms in total. The average molecular weight is 383 g/mol. The Morgan fingerprint density at radius 3 is 2.26 bits per heavy atom. The Morgan fingerprint density at radius 1 is 1.00 bits per heavy atom. The first kappa shape index (κ1) is 18.8. The second kappa shape index (κ2) is 8.60. The van der Waals surface area contributed by atoms with E-state index in [-0.39, 0.29) is 6.42 Å². The van der Waals surface area contributed by atoms with Crippen molar-refractivity contribution in [2.24, 2.45) is 0 Å². The lowest BCUT2D eigenvalue weighted by atomic mass is 10.1. The molecule has 0 aliphatic rings. The molecular formula is C22H19ClO4. The van der Waals surface area contributed by atoms with Gasteiger partial charge in [-0.3, -0.25) is 0 Å². The monoisotopic (exact) mass is 382 g/mol. The van der Waals surface area contributed by atoms with E-state index in [1.54, 1.807) is 30.3 Å². The molecule has 0 aliphatic heterocycles. The predicted molar refractivity (Wildman–Crippen MR) is 106 cm³/mol. The van der Waals surface area contributed by atoms with Crippen molar-refractivity contribution in [1.82, 2.24) is 0 Å². The number of carboxylic acids is 1. The number of carbonyl (C=O) groups is 1. The molecule has 1 N–H and O–H groups in total. The molecule has 5 heteroatoms. The zero-order chi connectivity index (χ0) is 19.2. The molecule has 0 bridgehead atoms. The zero-order valence-corrected chi connectivity index (χ0v) is 15.5. The molecule has 27 heavy (non-hydrogen) atoms. The van der Waals surface area contributed by atoms with Gasteiger partial charge < -0.3 is 14.6 Å². The lowest BCUT2D eigenvalue weighted by Gasteiger charge is -2.16. The van der Waals surface area contributed by atoms with Gasteiger partial charge in [0.05, 0.1) is 12.1 Å². The van der Waals surface area contributed by atoms with Gasteiger partial charge in [-0.15, -0.1) is 0 Å². The largest absolute Gasteiger partial charge is 0.495 e. The third-order valence-corrected chi connectivity index (χ3v) is 4.45. The smallest absolute Gasteiger partial charge is 0.345 e.